The lowest BCUT2D eigenvalue weighted by molar-refractivity contribution is 0.218. The van der Waals surface area contributed by atoms with Crippen molar-refractivity contribution in [3.8, 4) is 0 Å². The molecule has 0 aromatic carbocycles. The van der Waals surface area contributed by atoms with Crippen molar-refractivity contribution < 1.29 is 0 Å². The summed E-state index contributed by atoms with van der Waals surface area (Å²) in [7, 11) is 2.21. The first-order chi connectivity index (χ1) is 9.84. The van der Waals surface area contributed by atoms with E-state index in [0.717, 1.165) is 24.6 Å². The van der Waals surface area contributed by atoms with Crippen LogP contribution >= 0.6 is 0 Å². The average molecular weight is 267 g/mol. The van der Waals surface area contributed by atoms with E-state index in [1.807, 2.05) is 24.5 Å². The first-order valence-corrected chi connectivity index (χ1v) is 7.35. The Balaban J connectivity index is 1.66. The smallest absolute Gasteiger partial charge is 0.0578 e. The zero-order valence-corrected chi connectivity index (χ0v) is 11.9. The number of aromatic nitrogens is 2. The van der Waals surface area contributed by atoms with Gasteiger partial charge >= 0.3 is 0 Å². The lowest BCUT2D eigenvalue weighted by atomic mass is 10.1. The summed E-state index contributed by atoms with van der Waals surface area (Å²) in [5.74, 6) is 0.777. The maximum Gasteiger partial charge on any atom is 0.0578 e. The molecule has 0 aliphatic heterocycles. The molecule has 2 heterocycles. The maximum absolute atomic E-state index is 4.56. The van der Waals surface area contributed by atoms with Crippen molar-refractivity contribution in [3.63, 3.8) is 0 Å². The van der Waals surface area contributed by atoms with E-state index < -0.39 is 0 Å². The van der Waals surface area contributed by atoms with Crippen LogP contribution < -0.4 is 0 Å². The molecule has 0 radical (unpaired) electrons. The monoisotopic (exact) mass is 267 g/mol. The predicted octanol–water partition coefficient (Wildman–Crippen LogP) is 3.10. The molecule has 1 aliphatic rings. The van der Waals surface area contributed by atoms with E-state index in [1.54, 1.807) is 0 Å². The van der Waals surface area contributed by atoms with Crippen LogP contribution in [-0.4, -0.2) is 28.5 Å². The highest BCUT2D eigenvalue weighted by atomic mass is 15.1. The summed E-state index contributed by atoms with van der Waals surface area (Å²) in [6.07, 6.45) is 7.42. The van der Waals surface area contributed by atoms with E-state index in [4.69, 9.17) is 0 Å². The lowest BCUT2D eigenvalue weighted by Gasteiger charge is -2.27. The summed E-state index contributed by atoms with van der Waals surface area (Å²) >= 11 is 0. The molecule has 3 heteroatoms. The van der Waals surface area contributed by atoms with Gasteiger partial charge in [-0.15, -0.1) is 0 Å². The molecular formula is C17H21N3. The van der Waals surface area contributed by atoms with Gasteiger partial charge in [0.2, 0.25) is 0 Å². The third-order valence-corrected chi connectivity index (χ3v) is 3.98. The number of hydrogen-bond donors (Lipinski definition) is 0. The second-order valence-electron chi connectivity index (χ2n) is 5.59. The molecular weight excluding hydrogens is 246 g/mol. The minimum absolute atomic E-state index is 0.458. The van der Waals surface area contributed by atoms with Crippen molar-refractivity contribution in [2.75, 3.05) is 13.6 Å². The number of rotatable bonds is 6. The van der Waals surface area contributed by atoms with Crippen LogP contribution in [0.3, 0.4) is 0 Å². The molecule has 3 rings (SSSR count). The van der Waals surface area contributed by atoms with Crippen molar-refractivity contribution in [1.82, 2.24) is 14.9 Å². The summed E-state index contributed by atoms with van der Waals surface area (Å²) in [5, 5.41) is 0. The number of nitrogens with zero attached hydrogens (tertiary/aromatic N) is 3. The number of hydrogen-bond acceptors (Lipinski definition) is 3. The summed E-state index contributed by atoms with van der Waals surface area (Å²) in [6.45, 7) is 1.02. The Kier molecular flexibility index (Phi) is 4.07. The molecule has 0 bridgehead atoms. The normalized spacial score (nSPS) is 16.3. The molecule has 1 fully saturated rings. The van der Waals surface area contributed by atoms with E-state index in [9.17, 15) is 0 Å². The minimum atomic E-state index is 0.458. The van der Waals surface area contributed by atoms with Crippen molar-refractivity contribution >= 4 is 0 Å². The Morgan fingerprint density at radius 1 is 1.10 bits per heavy atom. The summed E-state index contributed by atoms with van der Waals surface area (Å²) in [6, 6.07) is 12.8. The lowest BCUT2D eigenvalue weighted by Crippen LogP contribution is -2.29. The van der Waals surface area contributed by atoms with Crippen LogP contribution in [0.5, 0.6) is 0 Å². The Labute approximate surface area is 120 Å². The molecule has 1 aliphatic carbocycles. The molecule has 0 amide bonds. The standard InChI is InChI=1S/C17H21N3/c1-20(13-10-15-6-2-4-11-18-15)17(14-8-9-14)16-7-3-5-12-19-16/h2-7,11-12,14,17H,8-10,13H2,1H3. The highest BCUT2D eigenvalue weighted by Gasteiger charge is 2.35. The molecule has 3 nitrogen and oxygen atoms in total. The van der Waals surface area contributed by atoms with Crippen LogP contribution in [0.4, 0.5) is 0 Å². The number of likely N-dealkylation sites (N-methyl/N-ethyl adjacent to an activating group) is 1. The van der Waals surface area contributed by atoms with Gasteiger partial charge in [0.25, 0.3) is 0 Å². The van der Waals surface area contributed by atoms with Crippen molar-refractivity contribution in [1.29, 1.82) is 0 Å². The second-order valence-corrected chi connectivity index (χ2v) is 5.59. The van der Waals surface area contributed by atoms with Crippen LogP contribution in [0.25, 0.3) is 0 Å². The fourth-order valence-corrected chi connectivity index (χ4v) is 2.77. The summed E-state index contributed by atoms with van der Waals surface area (Å²) < 4.78 is 0. The van der Waals surface area contributed by atoms with Gasteiger partial charge < -0.3 is 0 Å². The fraction of sp³-hybridized carbons (Fsp3) is 0.412. The third kappa shape index (κ3) is 3.23. The van der Waals surface area contributed by atoms with Gasteiger partial charge in [0, 0.05) is 31.1 Å². The quantitative estimate of drug-likeness (QED) is 0.805. The van der Waals surface area contributed by atoms with Crippen LogP contribution in [0, 0.1) is 5.92 Å². The van der Waals surface area contributed by atoms with E-state index in [2.05, 4.69) is 46.2 Å². The fourth-order valence-electron chi connectivity index (χ4n) is 2.77. The zero-order chi connectivity index (χ0) is 13.8. The maximum atomic E-state index is 4.56. The SMILES string of the molecule is CN(CCc1ccccn1)C(c1ccccn1)C1CC1. The van der Waals surface area contributed by atoms with Crippen LogP contribution in [0.2, 0.25) is 0 Å². The molecule has 1 saturated carbocycles. The Bertz CT molecular complexity index is 522. The van der Waals surface area contributed by atoms with E-state index in [-0.39, 0.29) is 0 Å². The molecule has 1 atom stereocenters. The van der Waals surface area contributed by atoms with Gasteiger partial charge in [0.15, 0.2) is 0 Å². The molecule has 20 heavy (non-hydrogen) atoms. The van der Waals surface area contributed by atoms with Crippen molar-refractivity contribution in [3.05, 3.63) is 60.2 Å². The second kappa shape index (κ2) is 6.14. The van der Waals surface area contributed by atoms with Gasteiger partial charge in [-0.05, 0) is 50.1 Å². The van der Waals surface area contributed by atoms with Crippen molar-refractivity contribution in [2.24, 2.45) is 5.92 Å². The molecule has 0 N–H and O–H groups in total. The van der Waals surface area contributed by atoms with E-state index in [0.29, 0.717) is 6.04 Å². The van der Waals surface area contributed by atoms with Gasteiger partial charge in [-0.3, -0.25) is 14.9 Å². The van der Waals surface area contributed by atoms with Gasteiger partial charge in [0.1, 0.15) is 0 Å². The van der Waals surface area contributed by atoms with E-state index >= 15 is 0 Å². The molecule has 104 valence electrons. The van der Waals surface area contributed by atoms with Gasteiger partial charge in [-0.1, -0.05) is 12.1 Å². The molecule has 1 unspecified atom stereocenters. The topological polar surface area (TPSA) is 29.0 Å². The Morgan fingerprint density at radius 3 is 2.45 bits per heavy atom. The first-order valence-electron chi connectivity index (χ1n) is 7.35. The minimum Gasteiger partial charge on any atom is -0.297 e. The predicted molar refractivity (Wildman–Crippen MR) is 80.3 cm³/mol. The van der Waals surface area contributed by atoms with Gasteiger partial charge in [0.05, 0.1) is 11.7 Å². The highest BCUT2D eigenvalue weighted by Crippen LogP contribution is 2.43. The number of pyridine rings is 2. The highest BCUT2D eigenvalue weighted by molar-refractivity contribution is 5.13. The van der Waals surface area contributed by atoms with Crippen LogP contribution in [0.15, 0.2) is 48.8 Å². The molecule has 0 spiro atoms. The average Bonchev–Trinajstić information content (AvgIpc) is 3.32. The zero-order valence-electron chi connectivity index (χ0n) is 11.9. The Hall–Kier alpha value is -1.74. The molecule has 2 aromatic heterocycles. The van der Waals surface area contributed by atoms with E-state index in [1.165, 1.54) is 18.5 Å². The largest absolute Gasteiger partial charge is 0.297 e. The van der Waals surface area contributed by atoms with Crippen LogP contribution in [0.1, 0.15) is 30.3 Å². The molecule has 2 aromatic rings. The third-order valence-electron chi connectivity index (χ3n) is 3.98. The van der Waals surface area contributed by atoms with Crippen LogP contribution in [-0.2, 0) is 6.42 Å². The molecule has 0 saturated heterocycles. The Morgan fingerprint density at radius 2 is 1.85 bits per heavy atom. The van der Waals surface area contributed by atoms with Gasteiger partial charge in [-0.25, -0.2) is 0 Å². The van der Waals surface area contributed by atoms with Gasteiger partial charge in [-0.2, -0.15) is 0 Å². The summed E-state index contributed by atoms with van der Waals surface area (Å²) in [4.78, 5) is 11.4. The van der Waals surface area contributed by atoms with Crippen molar-refractivity contribution in [2.45, 2.75) is 25.3 Å². The first kappa shape index (κ1) is 13.3. The summed E-state index contributed by atoms with van der Waals surface area (Å²) in [5.41, 5.74) is 2.37.